The molecule has 18 heavy (non-hydrogen) atoms. The highest BCUT2D eigenvalue weighted by Gasteiger charge is 2.37. The lowest BCUT2D eigenvalue weighted by Gasteiger charge is -2.26. The van der Waals surface area contributed by atoms with Crippen molar-refractivity contribution in [2.45, 2.75) is 31.8 Å². The minimum Gasteiger partial charge on any atom is -0.409 e. The van der Waals surface area contributed by atoms with E-state index in [0.29, 0.717) is 0 Å². The molecule has 1 aliphatic carbocycles. The summed E-state index contributed by atoms with van der Waals surface area (Å²) in [7, 11) is 0. The highest BCUT2D eigenvalue weighted by atomic mass is 16.4. The zero-order valence-corrected chi connectivity index (χ0v) is 10.4. The van der Waals surface area contributed by atoms with Gasteiger partial charge in [0.05, 0.1) is 0 Å². The molecule has 1 aromatic rings. The molecule has 0 spiro atoms. The van der Waals surface area contributed by atoms with Gasteiger partial charge in [0.2, 0.25) is 0 Å². The van der Waals surface area contributed by atoms with Crippen LogP contribution < -0.4 is 5.73 Å². The molecule has 2 bridgehead atoms. The molecule has 4 heteroatoms. The fourth-order valence-corrected chi connectivity index (χ4v) is 3.29. The first-order chi connectivity index (χ1) is 8.76. The van der Waals surface area contributed by atoms with E-state index in [4.69, 9.17) is 10.9 Å². The smallest absolute Gasteiger partial charge is 0.170 e. The molecule has 1 aromatic carbocycles. The third-order valence-electron chi connectivity index (χ3n) is 4.27. The third-order valence-corrected chi connectivity index (χ3v) is 4.27. The molecule has 2 fully saturated rings. The van der Waals surface area contributed by atoms with Gasteiger partial charge >= 0.3 is 0 Å². The number of hydrogen-bond acceptors (Lipinski definition) is 3. The number of fused-ring (bicyclic) bond motifs is 2. The lowest BCUT2D eigenvalue weighted by Crippen LogP contribution is -2.31. The van der Waals surface area contributed by atoms with Gasteiger partial charge in [-0.2, -0.15) is 0 Å². The van der Waals surface area contributed by atoms with Crippen molar-refractivity contribution >= 4 is 5.84 Å². The Bertz CT molecular complexity index is 455. The molecule has 0 aromatic heterocycles. The molecule has 1 heterocycles. The topological polar surface area (TPSA) is 61.9 Å². The van der Waals surface area contributed by atoms with Gasteiger partial charge in [0.1, 0.15) is 0 Å². The van der Waals surface area contributed by atoms with Gasteiger partial charge in [-0.15, -0.1) is 0 Å². The molecule has 96 valence electrons. The molecule has 2 unspecified atom stereocenters. The number of piperidine rings is 1. The largest absolute Gasteiger partial charge is 0.409 e. The molecule has 3 N–H and O–H groups in total. The summed E-state index contributed by atoms with van der Waals surface area (Å²) in [6.45, 7) is 2.28. The van der Waals surface area contributed by atoms with Crippen molar-refractivity contribution in [1.29, 1.82) is 0 Å². The number of oxime groups is 1. The quantitative estimate of drug-likeness (QED) is 0.369. The first-order valence-electron chi connectivity index (χ1n) is 6.57. The zero-order chi connectivity index (χ0) is 12.5. The minimum absolute atomic E-state index is 0.168. The molecular weight excluding hydrogens is 226 g/mol. The third kappa shape index (κ3) is 2.08. The SMILES string of the molecule is N/C(=N/O)c1ccc(CN2CC3CCC2C3)cc1. The van der Waals surface area contributed by atoms with E-state index in [9.17, 15) is 0 Å². The van der Waals surface area contributed by atoms with E-state index in [2.05, 4.69) is 22.2 Å². The fraction of sp³-hybridized carbons (Fsp3) is 0.500. The summed E-state index contributed by atoms with van der Waals surface area (Å²) >= 11 is 0. The van der Waals surface area contributed by atoms with E-state index in [-0.39, 0.29) is 5.84 Å². The van der Waals surface area contributed by atoms with Crippen LogP contribution in [0.1, 0.15) is 30.4 Å². The van der Waals surface area contributed by atoms with E-state index >= 15 is 0 Å². The van der Waals surface area contributed by atoms with E-state index in [1.165, 1.54) is 31.4 Å². The summed E-state index contributed by atoms with van der Waals surface area (Å²) in [6.07, 6.45) is 4.18. The van der Waals surface area contributed by atoms with Crippen molar-refractivity contribution in [3.05, 3.63) is 35.4 Å². The lowest BCUT2D eigenvalue weighted by atomic mass is 10.1. The van der Waals surface area contributed by atoms with Gasteiger partial charge in [-0.25, -0.2) is 0 Å². The van der Waals surface area contributed by atoms with Gasteiger partial charge in [-0.05, 0) is 30.7 Å². The van der Waals surface area contributed by atoms with Crippen LogP contribution >= 0.6 is 0 Å². The molecule has 3 rings (SSSR count). The molecule has 1 aliphatic heterocycles. The number of amidine groups is 1. The number of benzene rings is 1. The summed E-state index contributed by atoms with van der Waals surface area (Å²) in [5, 5.41) is 11.6. The first kappa shape index (κ1) is 11.5. The predicted octanol–water partition coefficient (Wildman–Crippen LogP) is 1.77. The zero-order valence-electron chi connectivity index (χ0n) is 10.4. The Balaban J connectivity index is 1.67. The summed E-state index contributed by atoms with van der Waals surface area (Å²) < 4.78 is 0. The van der Waals surface area contributed by atoms with Gasteiger partial charge in [0.25, 0.3) is 0 Å². The summed E-state index contributed by atoms with van der Waals surface area (Å²) in [6, 6.07) is 8.77. The molecule has 0 radical (unpaired) electrons. The molecule has 4 nitrogen and oxygen atoms in total. The molecule has 1 saturated carbocycles. The normalized spacial score (nSPS) is 27.9. The van der Waals surface area contributed by atoms with Gasteiger partial charge in [-0.3, -0.25) is 4.90 Å². The Morgan fingerprint density at radius 1 is 1.33 bits per heavy atom. The monoisotopic (exact) mass is 245 g/mol. The van der Waals surface area contributed by atoms with Crippen molar-refractivity contribution < 1.29 is 5.21 Å². The summed E-state index contributed by atoms with van der Waals surface area (Å²) in [4.78, 5) is 2.59. The first-order valence-corrected chi connectivity index (χ1v) is 6.57. The molecule has 0 amide bonds. The highest BCUT2D eigenvalue weighted by Crippen LogP contribution is 2.37. The number of nitrogens with zero attached hydrogens (tertiary/aromatic N) is 2. The Morgan fingerprint density at radius 3 is 2.67 bits per heavy atom. The maximum Gasteiger partial charge on any atom is 0.170 e. The molecule has 1 saturated heterocycles. The van der Waals surface area contributed by atoms with E-state index < -0.39 is 0 Å². The Hall–Kier alpha value is -1.55. The van der Waals surface area contributed by atoms with Gasteiger partial charge < -0.3 is 10.9 Å². The van der Waals surface area contributed by atoms with Crippen LogP contribution in [0.5, 0.6) is 0 Å². The average Bonchev–Trinajstić information content (AvgIpc) is 3.01. The predicted molar refractivity (Wildman–Crippen MR) is 70.5 cm³/mol. The van der Waals surface area contributed by atoms with Crippen LogP contribution in [0.4, 0.5) is 0 Å². The molecule has 2 atom stereocenters. The molecular formula is C14H19N3O. The van der Waals surface area contributed by atoms with Crippen LogP contribution in [0, 0.1) is 5.92 Å². The Morgan fingerprint density at radius 2 is 2.11 bits per heavy atom. The number of hydrogen-bond donors (Lipinski definition) is 2. The van der Waals surface area contributed by atoms with Crippen molar-refractivity contribution in [1.82, 2.24) is 4.90 Å². The second kappa shape index (κ2) is 4.61. The summed E-state index contributed by atoms with van der Waals surface area (Å²) in [5.41, 5.74) is 7.62. The van der Waals surface area contributed by atoms with Crippen molar-refractivity contribution in [3.8, 4) is 0 Å². The van der Waals surface area contributed by atoms with Crippen LogP contribution in [-0.2, 0) is 6.54 Å². The Labute approximate surface area is 107 Å². The summed E-state index contributed by atoms with van der Waals surface area (Å²) in [5.74, 6) is 1.10. The molecule has 2 aliphatic rings. The van der Waals surface area contributed by atoms with Crippen LogP contribution in [0.25, 0.3) is 0 Å². The number of likely N-dealkylation sites (tertiary alicyclic amines) is 1. The fourth-order valence-electron chi connectivity index (χ4n) is 3.29. The van der Waals surface area contributed by atoms with E-state index in [1.807, 2.05) is 12.1 Å². The standard InChI is InChI=1S/C14H19N3O/c15-14(16-18)12-4-1-10(2-5-12)8-17-9-11-3-6-13(17)7-11/h1-2,4-5,11,13,18H,3,6-9H2,(H2,15,16). The van der Waals surface area contributed by atoms with Crippen LogP contribution in [0.2, 0.25) is 0 Å². The Kier molecular flexibility index (Phi) is 2.96. The number of rotatable bonds is 3. The highest BCUT2D eigenvalue weighted by molar-refractivity contribution is 5.96. The van der Waals surface area contributed by atoms with E-state index in [0.717, 1.165) is 24.1 Å². The average molecular weight is 245 g/mol. The van der Waals surface area contributed by atoms with Crippen molar-refractivity contribution in [3.63, 3.8) is 0 Å². The van der Waals surface area contributed by atoms with Crippen LogP contribution in [-0.4, -0.2) is 28.5 Å². The van der Waals surface area contributed by atoms with Gasteiger partial charge in [0, 0.05) is 24.7 Å². The van der Waals surface area contributed by atoms with Gasteiger partial charge in [-0.1, -0.05) is 29.4 Å². The minimum atomic E-state index is 0.168. The lowest BCUT2D eigenvalue weighted by molar-refractivity contribution is 0.205. The van der Waals surface area contributed by atoms with Crippen molar-refractivity contribution in [2.75, 3.05) is 6.54 Å². The van der Waals surface area contributed by atoms with E-state index in [1.54, 1.807) is 0 Å². The van der Waals surface area contributed by atoms with Crippen molar-refractivity contribution in [2.24, 2.45) is 16.8 Å². The van der Waals surface area contributed by atoms with Gasteiger partial charge in [0.15, 0.2) is 5.84 Å². The second-order valence-electron chi connectivity index (χ2n) is 5.44. The van der Waals surface area contributed by atoms with Crippen LogP contribution in [0.15, 0.2) is 29.4 Å². The second-order valence-corrected chi connectivity index (χ2v) is 5.44. The van der Waals surface area contributed by atoms with Crippen LogP contribution in [0.3, 0.4) is 0 Å². The maximum absolute atomic E-state index is 8.61. The maximum atomic E-state index is 8.61. The number of nitrogens with two attached hydrogens (primary N) is 1.